The van der Waals surface area contributed by atoms with Gasteiger partial charge in [-0.15, -0.1) is 0 Å². The molecule has 0 saturated heterocycles. The largest absolute Gasteiger partial charge is 0.471 e. The zero-order chi connectivity index (χ0) is 24.3. The number of carbonyl (C=O) groups excluding carboxylic acids is 1. The molecule has 0 spiro atoms. The zero-order valence-electron chi connectivity index (χ0n) is 17.4. The van der Waals surface area contributed by atoms with Gasteiger partial charge >= 0.3 is 6.09 Å². The highest BCUT2D eigenvalue weighted by Crippen LogP contribution is 2.26. The first-order valence-corrected chi connectivity index (χ1v) is 10.2. The van der Waals surface area contributed by atoms with Gasteiger partial charge in [-0.25, -0.2) is 22.4 Å². The van der Waals surface area contributed by atoms with E-state index in [2.05, 4.69) is 20.7 Å². The summed E-state index contributed by atoms with van der Waals surface area (Å²) < 4.78 is 66.3. The summed E-state index contributed by atoms with van der Waals surface area (Å²) in [5, 5.41) is 0. The number of aryl methyl sites for hydroxylation is 1. The van der Waals surface area contributed by atoms with Crippen LogP contribution in [-0.2, 0) is 11.3 Å². The van der Waals surface area contributed by atoms with Crippen molar-refractivity contribution in [3.63, 3.8) is 0 Å². The number of para-hydroxylation sites is 1. The highest BCUT2D eigenvalue weighted by atomic mass is 79.9. The number of nitrogens with zero attached hydrogens (tertiary/aromatic N) is 2. The smallest absolute Gasteiger partial charge is 0.412 e. The van der Waals surface area contributed by atoms with Crippen molar-refractivity contribution in [2.24, 2.45) is 0 Å². The fourth-order valence-corrected chi connectivity index (χ4v) is 3.54. The average molecular weight is 529 g/mol. The van der Waals surface area contributed by atoms with Gasteiger partial charge in [0.05, 0.1) is 13.7 Å². The molecule has 0 bridgehead atoms. The molecule has 0 N–H and O–H groups in total. The quantitative estimate of drug-likeness (QED) is 0.331. The van der Waals surface area contributed by atoms with Crippen molar-refractivity contribution in [3.8, 4) is 11.4 Å². The maximum Gasteiger partial charge on any atom is 0.412 e. The molecular weight excluding hydrogens is 512 g/mol. The van der Waals surface area contributed by atoms with Gasteiger partial charge in [0.1, 0.15) is 39.2 Å². The second-order valence-corrected chi connectivity index (χ2v) is 7.69. The topological polar surface area (TPSA) is 60.8 Å². The molecule has 1 amide bonds. The number of carbonyl (C=O) groups is 1. The maximum atomic E-state index is 14.2. The number of amides is 1. The number of aromatic nitrogens is 1. The lowest BCUT2D eigenvalue weighted by Gasteiger charge is -2.22. The number of rotatable bonds is 6. The van der Waals surface area contributed by atoms with E-state index >= 15 is 0 Å². The molecule has 3 rings (SSSR count). The summed E-state index contributed by atoms with van der Waals surface area (Å²) in [4.78, 5) is 25.9. The normalized spacial score (nSPS) is 10.8. The van der Waals surface area contributed by atoms with Gasteiger partial charge in [-0.2, -0.15) is 0 Å². The zero-order valence-corrected chi connectivity index (χ0v) is 19.0. The number of hydrogen-bond donors (Lipinski definition) is 0. The molecule has 0 aliphatic heterocycles. The predicted molar refractivity (Wildman–Crippen MR) is 114 cm³/mol. The van der Waals surface area contributed by atoms with Gasteiger partial charge in [0, 0.05) is 17.8 Å². The van der Waals surface area contributed by atoms with Gasteiger partial charge < -0.3 is 9.47 Å². The van der Waals surface area contributed by atoms with E-state index < -0.39 is 47.3 Å². The van der Waals surface area contributed by atoms with E-state index in [1.807, 2.05) is 0 Å². The highest BCUT2D eigenvalue weighted by Gasteiger charge is 2.21. The number of halogens is 5. The molecule has 1 heterocycles. The maximum absolute atomic E-state index is 14.2. The van der Waals surface area contributed by atoms with Gasteiger partial charge in [-0.05, 0) is 52.7 Å². The highest BCUT2D eigenvalue weighted by molar-refractivity contribution is 9.10. The number of pyridine rings is 1. The van der Waals surface area contributed by atoms with E-state index in [1.165, 1.54) is 19.1 Å². The van der Waals surface area contributed by atoms with Crippen molar-refractivity contribution >= 4 is 22.0 Å². The number of benzene rings is 2. The third kappa shape index (κ3) is 5.36. The molecule has 1 aromatic heterocycles. The Morgan fingerprint density at radius 1 is 1.06 bits per heavy atom. The molecule has 6 nitrogen and oxygen atoms in total. The van der Waals surface area contributed by atoms with E-state index in [1.54, 1.807) is 0 Å². The van der Waals surface area contributed by atoms with Crippen LogP contribution in [0.25, 0.3) is 5.69 Å². The van der Waals surface area contributed by atoms with Crippen LogP contribution < -0.4 is 10.3 Å². The van der Waals surface area contributed by atoms with Crippen LogP contribution in [-0.4, -0.2) is 29.4 Å². The first-order chi connectivity index (χ1) is 15.6. The van der Waals surface area contributed by atoms with Crippen molar-refractivity contribution in [2.45, 2.75) is 13.5 Å². The minimum atomic E-state index is -0.931. The van der Waals surface area contributed by atoms with E-state index in [4.69, 9.17) is 4.74 Å². The van der Waals surface area contributed by atoms with Crippen molar-refractivity contribution < 1.29 is 31.8 Å². The monoisotopic (exact) mass is 528 g/mol. The first kappa shape index (κ1) is 24.3. The molecule has 33 heavy (non-hydrogen) atoms. The Kier molecular flexibility index (Phi) is 7.42. The third-order valence-corrected chi connectivity index (χ3v) is 5.30. The molecule has 0 radical (unpaired) electrons. The summed E-state index contributed by atoms with van der Waals surface area (Å²) in [7, 11) is 1.12. The summed E-state index contributed by atoms with van der Waals surface area (Å²) in [5.74, 6) is -3.53. The molecular formula is C22H17BrF4N2O4. The van der Waals surface area contributed by atoms with Crippen LogP contribution in [0.3, 0.4) is 0 Å². The molecule has 0 atom stereocenters. The van der Waals surface area contributed by atoms with Gasteiger partial charge in [-0.3, -0.25) is 14.3 Å². The Labute approximate surface area is 194 Å². The SMILES string of the molecule is COC(=O)N(COc1cc(C)n(-c2c(F)cccc2F)c(=O)c1Br)Cc1cc(F)cc(F)c1. The second-order valence-electron chi connectivity index (χ2n) is 6.89. The minimum absolute atomic E-state index is 0.0233. The van der Waals surface area contributed by atoms with Crippen LogP contribution in [0.1, 0.15) is 11.3 Å². The number of ether oxygens (including phenoxy) is 2. The molecule has 11 heteroatoms. The van der Waals surface area contributed by atoms with Gasteiger partial charge in [0.15, 0.2) is 6.73 Å². The van der Waals surface area contributed by atoms with Crippen LogP contribution in [0.4, 0.5) is 22.4 Å². The summed E-state index contributed by atoms with van der Waals surface area (Å²) in [5.41, 5.74) is -1.05. The summed E-state index contributed by atoms with van der Waals surface area (Å²) in [6.07, 6.45) is -0.853. The molecule has 0 unspecified atom stereocenters. The van der Waals surface area contributed by atoms with E-state index in [-0.39, 0.29) is 28.0 Å². The fourth-order valence-electron chi connectivity index (χ4n) is 3.13. The first-order valence-electron chi connectivity index (χ1n) is 9.39. The van der Waals surface area contributed by atoms with Crippen molar-refractivity contribution in [1.29, 1.82) is 0 Å². The molecule has 0 saturated carbocycles. The average Bonchev–Trinajstić information content (AvgIpc) is 2.75. The Morgan fingerprint density at radius 2 is 1.67 bits per heavy atom. The van der Waals surface area contributed by atoms with Crippen LogP contribution >= 0.6 is 15.9 Å². The van der Waals surface area contributed by atoms with Crippen LogP contribution in [0.15, 0.2) is 51.7 Å². The van der Waals surface area contributed by atoms with Crippen molar-refractivity contribution in [2.75, 3.05) is 13.8 Å². The predicted octanol–water partition coefficient (Wildman–Crippen LogP) is 5.07. The Morgan fingerprint density at radius 3 is 2.24 bits per heavy atom. The standard InChI is InChI=1S/C22H17BrF4N2O4/c1-12-6-18(19(23)21(30)29(12)20-16(26)4-3-5-17(20)27)33-11-28(22(31)32-2)10-13-7-14(24)9-15(25)8-13/h3-9H,10-11H2,1-2H3. The second kappa shape index (κ2) is 10.1. The van der Waals surface area contributed by atoms with Gasteiger partial charge in [0.2, 0.25) is 0 Å². The Balaban J connectivity index is 1.90. The van der Waals surface area contributed by atoms with E-state index in [0.29, 0.717) is 6.07 Å². The lowest BCUT2D eigenvalue weighted by atomic mass is 10.2. The van der Waals surface area contributed by atoms with E-state index in [0.717, 1.165) is 40.8 Å². The lowest BCUT2D eigenvalue weighted by Crippen LogP contribution is -2.34. The fraction of sp³-hybridized carbons (Fsp3) is 0.182. The Hall–Kier alpha value is -3.34. The molecule has 0 aliphatic rings. The number of methoxy groups -OCH3 is 1. The molecule has 3 aromatic rings. The molecule has 174 valence electrons. The molecule has 0 fully saturated rings. The molecule has 0 aliphatic carbocycles. The van der Waals surface area contributed by atoms with Gasteiger partial charge in [-0.1, -0.05) is 6.07 Å². The summed E-state index contributed by atoms with van der Waals surface area (Å²) >= 11 is 3.06. The van der Waals surface area contributed by atoms with Crippen LogP contribution in [0.5, 0.6) is 5.75 Å². The van der Waals surface area contributed by atoms with Crippen LogP contribution in [0, 0.1) is 30.2 Å². The van der Waals surface area contributed by atoms with Crippen molar-refractivity contribution in [1.82, 2.24) is 9.47 Å². The summed E-state index contributed by atoms with van der Waals surface area (Å²) in [6.45, 7) is 0.732. The Bertz CT molecular complexity index is 1230. The number of hydrogen-bond acceptors (Lipinski definition) is 4. The summed E-state index contributed by atoms with van der Waals surface area (Å²) in [6, 6.07) is 7.34. The minimum Gasteiger partial charge on any atom is -0.471 e. The third-order valence-electron chi connectivity index (χ3n) is 4.57. The lowest BCUT2D eigenvalue weighted by molar-refractivity contribution is 0.0799. The van der Waals surface area contributed by atoms with E-state index in [9.17, 15) is 27.2 Å². The molecule has 2 aromatic carbocycles. The van der Waals surface area contributed by atoms with Crippen molar-refractivity contribution in [3.05, 3.63) is 91.8 Å². The van der Waals surface area contributed by atoms with Crippen LogP contribution in [0.2, 0.25) is 0 Å². The van der Waals surface area contributed by atoms with Gasteiger partial charge in [0.25, 0.3) is 5.56 Å².